The van der Waals surface area contributed by atoms with E-state index < -0.39 is 6.61 Å². The normalized spacial score (nSPS) is 18.7. The fraction of sp³-hybridized carbons (Fsp3) is 0.538. The predicted octanol–water partition coefficient (Wildman–Crippen LogP) is 2.81. The maximum absolute atomic E-state index is 12.1. The molecule has 0 spiro atoms. The summed E-state index contributed by atoms with van der Waals surface area (Å²) < 4.78 is 34.5. The second-order valence-electron chi connectivity index (χ2n) is 4.66. The Labute approximate surface area is 105 Å². The molecule has 1 N–H and O–H groups in total. The molecule has 3 nitrogen and oxygen atoms in total. The molecular formula is C13H17F2NO2. The maximum atomic E-state index is 12.1. The van der Waals surface area contributed by atoms with Gasteiger partial charge in [-0.1, -0.05) is 6.07 Å². The number of nitrogens with one attached hydrogen (secondary N) is 1. The van der Waals surface area contributed by atoms with Crippen molar-refractivity contribution >= 4 is 0 Å². The van der Waals surface area contributed by atoms with Gasteiger partial charge in [0.1, 0.15) is 17.1 Å². The number of alkyl halides is 2. The van der Waals surface area contributed by atoms with Gasteiger partial charge in [-0.15, -0.1) is 0 Å². The van der Waals surface area contributed by atoms with E-state index in [1.165, 1.54) is 12.1 Å². The van der Waals surface area contributed by atoms with Crippen molar-refractivity contribution in [2.45, 2.75) is 32.0 Å². The van der Waals surface area contributed by atoms with Crippen molar-refractivity contribution in [1.82, 2.24) is 5.32 Å². The summed E-state index contributed by atoms with van der Waals surface area (Å²) in [6.45, 7) is 1.04. The summed E-state index contributed by atoms with van der Waals surface area (Å²) in [5.74, 6) is 0.692. The molecule has 100 valence electrons. The van der Waals surface area contributed by atoms with E-state index in [2.05, 4.69) is 10.1 Å². The lowest BCUT2D eigenvalue weighted by Gasteiger charge is -2.34. The quantitative estimate of drug-likeness (QED) is 0.899. The Morgan fingerprint density at radius 3 is 2.56 bits per heavy atom. The monoisotopic (exact) mass is 257 g/mol. The van der Waals surface area contributed by atoms with E-state index in [0.29, 0.717) is 5.75 Å². The average Bonchev–Trinajstić information content (AvgIpc) is 2.28. The third-order valence-electron chi connectivity index (χ3n) is 3.06. The van der Waals surface area contributed by atoms with Crippen molar-refractivity contribution < 1.29 is 18.3 Å². The molecular weight excluding hydrogens is 240 g/mol. The molecule has 1 fully saturated rings. The Balaban J connectivity index is 2.04. The molecule has 0 bridgehead atoms. The second kappa shape index (κ2) is 5.52. The highest BCUT2D eigenvalue weighted by atomic mass is 19.3. The minimum Gasteiger partial charge on any atom is -0.487 e. The third kappa shape index (κ3) is 3.57. The van der Waals surface area contributed by atoms with Crippen LogP contribution in [-0.2, 0) is 0 Å². The Morgan fingerprint density at radius 1 is 1.22 bits per heavy atom. The zero-order valence-electron chi connectivity index (χ0n) is 10.3. The third-order valence-corrected chi connectivity index (χ3v) is 3.06. The van der Waals surface area contributed by atoms with Crippen LogP contribution in [0.2, 0.25) is 0 Å². The van der Waals surface area contributed by atoms with Gasteiger partial charge in [-0.25, -0.2) is 0 Å². The van der Waals surface area contributed by atoms with E-state index in [-0.39, 0.29) is 11.4 Å². The van der Waals surface area contributed by atoms with Gasteiger partial charge in [-0.2, -0.15) is 8.78 Å². The number of hydrogen-bond donors (Lipinski definition) is 1. The summed E-state index contributed by atoms with van der Waals surface area (Å²) in [5.41, 5.74) is -0.241. The molecule has 0 aromatic heterocycles. The molecule has 0 unspecified atom stereocenters. The van der Waals surface area contributed by atoms with Crippen LogP contribution in [0, 0.1) is 0 Å². The molecule has 1 saturated heterocycles. The average molecular weight is 257 g/mol. The molecule has 1 aromatic carbocycles. The summed E-state index contributed by atoms with van der Waals surface area (Å²) >= 11 is 0. The van der Waals surface area contributed by atoms with Gasteiger partial charge in [-0.3, -0.25) is 0 Å². The highest BCUT2D eigenvalue weighted by Gasteiger charge is 2.28. The summed E-state index contributed by atoms with van der Waals surface area (Å²) in [5, 5.41) is 3.26. The van der Waals surface area contributed by atoms with E-state index in [1.807, 2.05) is 6.92 Å². The van der Waals surface area contributed by atoms with Gasteiger partial charge in [0.05, 0.1) is 0 Å². The van der Waals surface area contributed by atoms with Crippen molar-refractivity contribution in [2.24, 2.45) is 0 Å². The molecule has 0 atom stereocenters. The SMILES string of the molecule is CC1(Oc2cccc(OC(F)F)c2)CCNCC1. The topological polar surface area (TPSA) is 30.5 Å². The van der Waals surface area contributed by atoms with Gasteiger partial charge >= 0.3 is 6.61 Å². The molecule has 18 heavy (non-hydrogen) atoms. The first-order chi connectivity index (χ1) is 8.57. The molecule has 0 saturated carbocycles. The molecule has 0 radical (unpaired) electrons. The molecule has 5 heteroatoms. The minimum atomic E-state index is -2.81. The van der Waals surface area contributed by atoms with Gasteiger partial charge in [0, 0.05) is 6.07 Å². The van der Waals surface area contributed by atoms with Crippen LogP contribution in [0.5, 0.6) is 11.5 Å². The fourth-order valence-electron chi connectivity index (χ4n) is 2.06. The number of piperidine rings is 1. The Kier molecular flexibility index (Phi) is 4.01. The Hall–Kier alpha value is -1.36. The lowest BCUT2D eigenvalue weighted by atomic mass is 9.94. The summed E-state index contributed by atoms with van der Waals surface area (Å²) in [4.78, 5) is 0. The van der Waals surface area contributed by atoms with Gasteiger partial charge in [0.15, 0.2) is 0 Å². The lowest BCUT2D eigenvalue weighted by molar-refractivity contribution is -0.0501. The molecule has 1 heterocycles. The van der Waals surface area contributed by atoms with E-state index >= 15 is 0 Å². The number of ether oxygens (including phenoxy) is 2. The van der Waals surface area contributed by atoms with Gasteiger partial charge in [-0.05, 0) is 45.0 Å². The van der Waals surface area contributed by atoms with E-state index in [9.17, 15) is 8.78 Å². The summed E-state index contributed by atoms with van der Waals surface area (Å²) in [6.07, 6.45) is 1.79. The van der Waals surface area contributed by atoms with Crippen LogP contribution in [-0.4, -0.2) is 25.3 Å². The van der Waals surface area contributed by atoms with E-state index in [4.69, 9.17) is 4.74 Å². The largest absolute Gasteiger partial charge is 0.487 e. The van der Waals surface area contributed by atoms with Crippen LogP contribution < -0.4 is 14.8 Å². The summed E-state index contributed by atoms with van der Waals surface area (Å²) in [7, 11) is 0. The Morgan fingerprint density at radius 2 is 1.89 bits per heavy atom. The molecule has 2 rings (SSSR count). The minimum absolute atomic E-state index is 0.125. The summed E-state index contributed by atoms with van der Waals surface area (Å²) in [6, 6.07) is 6.40. The van der Waals surface area contributed by atoms with Crippen molar-refractivity contribution in [3.05, 3.63) is 24.3 Å². The number of hydrogen-bond acceptors (Lipinski definition) is 3. The van der Waals surface area contributed by atoms with Crippen molar-refractivity contribution in [3.63, 3.8) is 0 Å². The van der Waals surface area contributed by atoms with Gasteiger partial charge in [0.25, 0.3) is 0 Å². The molecule has 0 aliphatic carbocycles. The lowest BCUT2D eigenvalue weighted by Crippen LogP contribution is -2.43. The highest BCUT2D eigenvalue weighted by Crippen LogP contribution is 2.28. The maximum Gasteiger partial charge on any atom is 0.387 e. The van der Waals surface area contributed by atoms with Gasteiger partial charge < -0.3 is 14.8 Å². The van der Waals surface area contributed by atoms with Crippen LogP contribution in [0.15, 0.2) is 24.3 Å². The Bertz CT molecular complexity index is 392. The number of halogens is 2. The first-order valence-electron chi connectivity index (χ1n) is 6.02. The molecule has 0 amide bonds. The van der Waals surface area contributed by atoms with Crippen LogP contribution in [0.3, 0.4) is 0 Å². The number of benzene rings is 1. The first-order valence-corrected chi connectivity index (χ1v) is 6.02. The van der Waals surface area contributed by atoms with Crippen LogP contribution in [0.25, 0.3) is 0 Å². The van der Waals surface area contributed by atoms with Crippen molar-refractivity contribution in [1.29, 1.82) is 0 Å². The fourth-order valence-corrected chi connectivity index (χ4v) is 2.06. The highest BCUT2D eigenvalue weighted by molar-refractivity contribution is 5.33. The standard InChI is InChI=1S/C13H17F2NO2/c1-13(5-7-16-8-6-13)18-11-4-2-3-10(9-11)17-12(14)15/h2-4,9,12,16H,5-8H2,1H3. The predicted molar refractivity (Wildman–Crippen MR) is 64.2 cm³/mol. The zero-order chi connectivity index (χ0) is 13.0. The van der Waals surface area contributed by atoms with E-state index in [1.54, 1.807) is 12.1 Å². The zero-order valence-corrected chi connectivity index (χ0v) is 10.3. The molecule has 1 aliphatic rings. The molecule has 1 aromatic rings. The smallest absolute Gasteiger partial charge is 0.387 e. The van der Waals surface area contributed by atoms with Gasteiger partial charge in [0.2, 0.25) is 0 Å². The van der Waals surface area contributed by atoms with Crippen molar-refractivity contribution in [2.75, 3.05) is 13.1 Å². The van der Waals surface area contributed by atoms with E-state index in [0.717, 1.165) is 25.9 Å². The van der Waals surface area contributed by atoms with Crippen LogP contribution in [0.4, 0.5) is 8.78 Å². The van der Waals surface area contributed by atoms with Crippen LogP contribution >= 0.6 is 0 Å². The van der Waals surface area contributed by atoms with Crippen molar-refractivity contribution in [3.8, 4) is 11.5 Å². The number of rotatable bonds is 4. The van der Waals surface area contributed by atoms with Crippen LogP contribution in [0.1, 0.15) is 19.8 Å². The molecule has 1 aliphatic heterocycles. The second-order valence-corrected chi connectivity index (χ2v) is 4.66. The first kappa shape index (κ1) is 13.1.